The average Bonchev–Trinajstić information content (AvgIpc) is 2.40. The van der Waals surface area contributed by atoms with E-state index in [-0.39, 0.29) is 6.61 Å². The van der Waals surface area contributed by atoms with Crippen molar-refractivity contribution >= 4 is 37.8 Å². The van der Waals surface area contributed by atoms with Crippen LogP contribution in [0, 0.1) is 0 Å². The molecule has 0 fully saturated rings. The van der Waals surface area contributed by atoms with Gasteiger partial charge in [0.05, 0.1) is 4.47 Å². The maximum Gasteiger partial charge on any atom is 0.349 e. The van der Waals surface area contributed by atoms with Gasteiger partial charge in [0.25, 0.3) is 0 Å². The third-order valence-electron chi connectivity index (χ3n) is 2.23. The highest BCUT2D eigenvalue weighted by Gasteiger charge is 2.07. The molecule has 98 valence electrons. The molecule has 0 bridgehead atoms. The van der Waals surface area contributed by atoms with Gasteiger partial charge in [-0.05, 0) is 52.3 Å². The van der Waals surface area contributed by atoms with Crippen molar-refractivity contribution in [1.82, 2.24) is 0 Å². The van der Waals surface area contributed by atoms with Gasteiger partial charge < -0.3 is 9.47 Å². The van der Waals surface area contributed by atoms with Crippen molar-refractivity contribution in [3.8, 4) is 11.5 Å². The first-order chi connectivity index (χ1) is 9.15. The zero-order valence-corrected chi connectivity index (χ0v) is 13.0. The lowest BCUT2D eigenvalue weighted by atomic mass is 10.3. The van der Waals surface area contributed by atoms with E-state index in [0.717, 1.165) is 8.95 Å². The summed E-state index contributed by atoms with van der Waals surface area (Å²) in [7, 11) is 0. The Morgan fingerprint density at radius 3 is 2.37 bits per heavy atom. The van der Waals surface area contributed by atoms with E-state index in [1.54, 1.807) is 30.3 Å². The Bertz CT molecular complexity index is 567. The molecule has 0 saturated carbocycles. The molecule has 0 radical (unpaired) electrons. The van der Waals surface area contributed by atoms with Gasteiger partial charge in [-0.15, -0.1) is 0 Å². The van der Waals surface area contributed by atoms with E-state index in [1.165, 1.54) is 0 Å². The largest absolute Gasteiger partial charge is 0.481 e. The van der Waals surface area contributed by atoms with Gasteiger partial charge in [-0.25, -0.2) is 4.79 Å². The third kappa shape index (κ3) is 4.36. The molecule has 2 aromatic carbocycles. The molecule has 2 rings (SSSR count). The van der Waals surface area contributed by atoms with Gasteiger partial charge in [0, 0.05) is 4.47 Å². The highest BCUT2D eigenvalue weighted by Crippen LogP contribution is 2.23. The van der Waals surface area contributed by atoms with Crippen LogP contribution in [0.1, 0.15) is 0 Å². The Morgan fingerprint density at radius 1 is 1.00 bits per heavy atom. The van der Waals surface area contributed by atoms with Crippen LogP contribution in [0.4, 0.5) is 0 Å². The van der Waals surface area contributed by atoms with Gasteiger partial charge >= 0.3 is 5.97 Å². The second-order valence-electron chi connectivity index (χ2n) is 3.65. The normalized spacial score (nSPS) is 10.0. The number of benzene rings is 2. The minimum absolute atomic E-state index is 0.140. The summed E-state index contributed by atoms with van der Waals surface area (Å²) >= 11 is 6.65. The molecule has 2 aromatic rings. The van der Waals surface area contributed by atoms with Crippen LogP contribution in [0.25, 0.3) is 0 Å². The quantitative estimate of drug-likeness (QED) is 0.584. The monoisotopic (exact) mass is 384 g/mol. The molecule has 0 N–H and O–H groups in total. The second kappa shape index (κ2) is 6.73. The standard InChI is InChI=1S/C14H10Br2O3/c15-10-5-7-11(8-6-10)19-14(17)9-18-13-4-2-1-3-12(13)16/h1-8H,9H2. The number of hydrogen-bond acceptors (Lipinski definition) is 3. The fourth-order valence-electron chi connectivity index (χ4n) is 1.36. The maximum atomic E-state index is 11.6. The minimum Gasteiger partial charge on any atom is -0.481 e. The Morgan fingerprint density at radius 2 is 1.68 bits per heavy atom. The summed E-state index contributed by atoms with van der Waals surface area (Å²) in [4.78, 5) is 11.6. The van der Waals surface area contributed by atoms with E-state index < -0.39 is 5.97 Å². The summed E-state index contributed by atoms with van der Waals surface area (Å²) in [6, 6.07) is 14.3. The van der Waals surface area contributed by atoms with Gasteiger partial charge in [-0.1, -0.05) is 28.1 Å². The van der Waals surface area contributed by atoms with Crippen LogP contribution in [0.3, 0.4) is 0 Å². The summed E-state index contributed by atoms with van der Waals surface area (Å²) in [5.74, 6) is 0.650. The molecule has 0 aliphatic rings. The summed E-state index contributed by atoms with van der Waals surface area (Å²) in [5, 5.41) is 0. The predicted octanol–water partition coefficient (Wildman–Crippen LogP) is 4.20. The van der Waals surface area contributed by atoms with Gasteiger partial charge in [-0.2, -0.15) is 0 Å². The van der Waals surface area contributed by atoms with Crippen LogP contribution in [0.5, 0.6) is 11.5 Å². The number of para-hydroxylation sites is 1. The average molecular weight is 386 g/mol. The Hall–Kier alpha value is -1.33. The number of esters is 1. The SMILES string of the molecule is O=C(COc1ccccc1Br)Oc1ccc(Br)cc1. The number of hydrogen-bond donors (Lipinski definition) is 0. The van der Waals surface area contributed by atoms with Gasteiger partial charge in [0.1, 0.15) is 11.5 Å². The number of rotatable bonds is 4. The summed E-state index contributed by atoms with van der Waals surface area (Å²) < 4.78 is 12.2. The zero-order valence-electron chi connectivity index (χ0n) is 9.81. The van der Waals surface area contributed by atoms with E-state index >= 15 is 0 Å². The molecule has 5 heteroatoms. The third-order valence-corrected chi connectivity index (χ3v) is 3.41. The first-order valence-corrected chi connectivity index (χ1v) is 7.07. The molecule has 0 saturated heterocycles. The van der Waals surface area contributed by atoms with Crippen molar-refractivity contribution in [3.63, 3.8) is 0 Å². The van der Waals surface area contributed by atoms with Crippen LogP contribution >= 0.6 is 31.9 Å². The molecule has 19 heavy (non-hydrogen) atoms. The molecular weight excluding hydrogens is 376 g/mol. The molecule has 0 heterocycles. The Balaban J connectivity index is 1.88. The number of carbonyl (C=O) groups excluding carboxylic acids is 1. The molecule has 0 aromatic heterocycles. The van der Waals surface area contributed by atoms with Crippen molar-refractivity contribution in [2.24, 2.45) is 0 Å². The minimum atomic E-state index is -0.446. The number of ether oxygens (including phenoxy) is 2. The summed E-state index contributed by atoms with van der Waals surface area (Å²) in [6.07, 6.45) is 0. The van der Waals surface area contributed by atoms with E-state index in [0.29, 0.717) is 11.5 Å². The van der Waals surface area contributed by atoms with E-state index in [2.05, 4.69) is 31.9 Å². The second-order valence-corrected chi connectivity index (χ2v) is 5.42. The van der Waals surface area contributed by atoms with Gasteiger partial charge in [0.2, 0.25) is 0 Å². The Labute approximate surface area is 127 Å². The molecule has 3 nitrogen and oxygen atoms in total. The number of halogens is 2. The first kappa shape index (κ1) is 14.1. The molecule has 0 amide bonds. The number of carbonyl (C=O) groups is 1. The van der Waals surface area contributed by atoms with Gasteiger partial charge in [0.15, 0.2) is 6.61 Å². The molecule has 0 unspecified atom stereocenters. The lowest BCUT2D eigenvalue weighted by Crippen LogP contribution is -2.17. The lowest BCUT2D eigenvalue weighted by Gasteiger charge is -2.08. The van der Waals surface area contributed by atoms with E-state index in [4.69, 9.17) is 9.47 Å². The predicted molar refractivity (Wildman–Crippen MR) is 79.4 cm³/mol. The van der Waals surface area contributed by atoms with Crippen molar-refractivity contribution < 1.29 is 14.3 Å². The van der Waals surface area contributed by atoms with Crippen molar-refractivity contribution in [2.45, 2.75) is 0 Å². The molecular formula is C14H10Br2O3. The summed E-state index contributed by atoms with van der Waals surface area (Å²) in [6.45, 7) is -0.140. The summed E-state index contributed by atoms with van der Waals surface area (Å²) in [5.41, 5.74) is 0. The van der Waals surface area contributed by atoms with Crippen molar-refractivity contribution in [3.05, 3.63) is 57.5 Å². The maximum absolute atomic E-state index is 11.6. The van der Waals surface area contributed by atoms with Crippen LogP contribution in [-0.4, -0.2) is 12.6 Å². The smallest absolute Gasteiger partial charge is 0.349 e. The lowest BCUT2D eigenvalue weighted by molar-refractivity contribution is -0.136. The van der Waals surface area contributed by atoms with Crippen molar-refractivity contribution in [1.29, 1.82) is 0 Å². The molecule has 0 atom stereocenters. The topological polar surface area (TPSA) is 35.5 Å². The first-order valence-electron chi connectivity index (χ1n) is 5.49. The zero-order chi connectivity index (χ0) is 13.7. The van der Waals surface area contributed by atoms with Crippen LogP contribution in [0.2, 0.25) is 0 Å². The fraction of sp³-hybridized carbons (Fsp3) is 0.0714. The van der Waals surface area contributed by atoms with Crippen LogP contribution < -0.4 is 9.47 Å². The highest BCUT2D eigenvalue weighted by molar-refractivity contribution is 9.10. The van der Waals surface area contributed by atoms with E-state index in [1.807, 2.05) is 18.2 Å². The van der Waals surface area contributed by atoms with E-state index in [9.17, 15) is 4.79 Å². The van der Waals surface area contributed by atoms with Crippen LogP contribution in [0.15, 0.2) is 57.5 Å². The van der Waals surface area contributed by atoms with Crippen LogP contribution in [-0.2, 0) is 4.79 Å². The highest BCUT2D eigenvalue weighted by atomic mass is 79.9. The molecule has 0 aliphatic heterocycles. The van der Waals surface area contributed by atoms with Crippen molar-refractivity contribution in [2.75, 3.05) is 6.61 Å². The molecule has 0 spiro atoms. The van der Waals surface area contributed by atoms with Gasteiger partial charge in [-0.3, -0.25) is 0 Å². The Kier molecular flexibility index (Phi) is 4.99. The fourth-order valence-corrected chi connectivity index (χ4v) is 2.03. The molecule has 0 aliphatic carbocycles.